The van der Waals surface area contributed by atoms with Gasteiger partial charge in [-0.25, -0.2) is 9.59 Å². The van der Waals surface area contributed by atoms with Crippen molar-refractivity contribution in [2.24, 2.45) is 0 Å². The van der Waals surface area contributed by atoms with Gasteiger partial charge in [0.25, 0.3) is 5.91 Å². The van der Waals surface area contributed by atoms with E-state index < -0.39 is 5.97 Å². The van der Waals surface area contributed by atoms with E-state index in [4.69, 9.17) is 9.47 Å². The first-order valence-corrected chi connectivity index (χ1v) is 10.2. The third kappa shape index (κ3) is 6.47. The molecule has 0 saturated carbocycles. The average molecular weight is 425 g/mol. The molecule has 8 heteroatoms. The maximum Gasteiger partial charge on any atom is 0.338 e. The molecule has 1 N–H and O–H groups in total. The average Bonchev–Trinajstić information content (AvgIpc) is 2.78. The summed E-state index contributed by atoms with van der Waals surface area (Å²) in [6.07, 6.45) is 0.0419. The summed E-state index contributed by atoms with van der Waals surface area (Å²) in [5.41, 5.74) is 1.08. The SMILES string of the molecule is CC(C)Oc1ccc(C(=O)OCC(=O)N2CCN(C(=O)Nc3ccccc3)CC2)cc1. The van der Waals surface area contributed by atoms with Crippen molar-refractivity contribution in [1.29, 1.82) is 0 Å². The van der Waals surface area contributed by atoms with Gasteiger partial charge in [-0.3, -0.25) is 4.79 Å². The first-order valence-electron chi connectivity index (χ1n) is 10.2. The second-order valence-corrected chi connectivity index (χ2v) is 7.43. The Kier molecular flexibility index (Phi) is 7.48. The second-order valence-electron chi connectivity index (χ2n) is 7.43. The van der Waals surface area contributed by atoms with E-state index in [9.17, 15) is 14.4 Å². The summed E-state index contributed by atoms with van der Waals surface area (Å²) in [6.45, 7) is 5.11. The molecule has 0 radical (unpaired) electrons. The molecule has 0 bridgehead atoms. The van der Waals surface area contributed by atoms with Gasteiger partial charge in [-0.2, -0.15) is 0 Å². The summed E-state index contributed by atoms with van der Waals surface area (Å²) in [5, 5.41) is 2.83. The molecule has 0 unspecified atom stereocenters. The van der Waals surface area contributed by atoms with E-state index in [0.717, 1.165) is 5.69 Å². The number of carbonyl (C=O) groups excluding carboxylic acids is 3. The van der Waals surface area contributed by atoms with Crippen LogP contribution in [0.3, 0.4) is 0 Å². The minimum absolute atomic E-state index is 0.0419. The third-order valence-electron chi connectivity index (χ3n) is 4.73. The van der Waals surface area contributed by atoms with Crippen LogP contribution in [0, 0.1) is 0 Å². The van der Waals surface area contributed by atoms with Gasteiger partial charge in [0.1, 0.15) is 5.75 Å². The number of para-hydroxylation sites is 1. The number of ether oxygens (including phenoxy) is 2. The second kappa shape index (κ2) is 10.5. The third-order valence-corrected chi connectivity index (χ3v) is 4.73. The first kappa shape index (κ1) is 22.1. The number of anilines is 1. The number of carbonyl (C=O) groups is 3. The zero-order valence-electron chi connectivity index (χ0n) is 17.7. The number of urea groups is 1. The molecule has 0 spiro atoms. The summed E-state index contributed by atoms with van der Waals surface area (Å²) in [4.78, 5) is 40.2. The fraction of sp³-hybridized carbons (Fsp3) is 0.348. The van der Waals surface area contributed by atoms with Crippen LogP contribution < -0.4 is 10.1 Å². The molecule has 1 heterocycles. The minimum Gasteiger partial charge on any atom is -0.491 e. The highest BCUT2D eigenvalue weighted by atomic mass is 16.5. The van der Waals surface area contributed by atoms with Crippen molar-refractivity contribution in [3.63, 3.8) is 0 Å². The molecule has 1 aliphatic heterocycles. The Labute approximate surface area is 181 Å². The molecule has 8 nitrogen and oxygen atoms in total. The fourth-order valence-electron chi connectivity index (χ4n) is 3.13. The van der Waals surface area contributed by atoms with Gasteiger partial charge in [0.2, 0.25) is 0 Å². The normalized spacial score (nSPS) is 13.6. The van der Waals surface area contributed by atoms with Gasteiger partial charge in [-0.05, 0) is 50.2 Å². The van der Waals surface area contributed by atoms with Crippen LogP contribution in [0.5, 0.6) is 5.75 Å². The summed E-state index contributed by atoms with van der Waals surface area (Å²) in [6, 6.07) is 15.6. The molecule has 31 heavy (non-hydrogen) atoms. The minimum atomic E-state index is -0.565. The zero-order chi connectivity index (χ0) is 22.2. The quantitative estimate of drug-likeness (QED) is 0.719. The maximum atomic E-state index is 12.4. The van der Waals surface area contributed by atoms with Gasteiger partial charge in [-0.1, -0.05) is 18.2 Å². The van der Waals surface area contributed by atoms with Crippen LogP contribution >= 0.6 is 0 Å². The number of benzene rings is 2. The predicted octanol–water partition coefficient (Wildman–Crippen LogP) is 3.01. The van der Waals surface area contributed by atoms with E-state index in [0.29, 0.717) is 37.5 Å². The largest absolute Gasteiger partial charge is 0.491 e. The highest BCUT2D eigenvalue weighted by molar-refractivity contribution is 5.92. The number of rotatable bonds is 6. The van der Waals surface area contributed by atoms with Crippen LogP contribution in [-0.4, -0.2) is 66.6 Å². The van der Waals surface area contributed by atoms with Crippen LogP contribution in [0.15, 0.2) is 54.6 Å². The number of nitrogens with zero attached hydrogens (tertiary/aromatic N) is 2. The highest BCUT2D eigenvalue weighted by Gasteiger charge is 2.25. The highest BCUT2D eigenvalue weighted by Crippen LogP contribution is 2.15. The van der Waals surface area contributed by atoms with Crippen molar-refractivity contribution in [2.75, 3.05) is 38.1 Å². The van der Waals surface area contributed by atoms with E-state index in [2.05, 4.69) is 5.32 Å². The molecule has 0 aromatic heterocycles. The smallest absolute Gasteiger partial charge is 0.338 e. The number of piperazine rings is 1. The number of amides is 3. The molecule has 2 aromatic carbocycles. The van der Waals surface area contributed by atoms with Gasteiger partial charge < -0.3 is 24.6 Å². The summed E-state index contributed by atoms with van der Waals surface area (Å²) in [5.74, 6) is -0.182. The number of hydrogen-bond acceptors (Lipinski definition) is 5. The molecule has 164 valence electrons. The zero-order valence-corrected chi connectivity index (χ0v) is 17.7. The Morgan fingerprint density at radius 1 is 0.903 bits per heavy atom. The van der Waals surface area contributed by atoms with Crippen molar-refractivity contribution in [3.05, 3.63) is 60.2 Å². The van der Waals surface area contributed by atoms with Gasteiger partial charge >= 0.3 is 12.0 Å². The Balaban J connectivity index is 1.41. The maximum absolute atomic E-state index is 12.4. The lowest BCUT2D eigenvalue weighted by Gasteiger charge is -2.34. The van der Waals surface area contributed by atoms with Crippen molar-refractivity contribution in [3.8, 4) is 5.75 Å². The van der Waals surface area contributed by atoms with Crippen molar-refractivity contribution in [1.82, 2.24) is 9.80 Å². The standard InChI is InChI=1S/C23H27N3O5/c1-17(2)31-20-10-8-18(9-11-20)22(28)30-16-21(27)25-12-14-26(15-13-25)23(29)24-19-6-4-3-5-7-19/h3-11,17H,12-16H2,1-2H3,(H,24,29). The molecule has 3 amide bonds. The Hall–Kier alpha value is -3.55. The summed E-state index contributed by atoms with van der Waals surface area (Å²) >= 11 is 0. The Bertz CT molecular complexity index is 891. The van der Waals surface area contributed by atoms with Gasteiger partial charge in [0.15, 0.2) is 6.61 Å². The molecular formula is C23H27N3O5. The van der Waals surface area contributed by atoms with Crippen LogP contribution in [0.1, 0.15) is 24.2 Å². The van der Waals surface area contributed by atoms with Crippen LogP contribution in [0.2, 0.25) is 0 Å². The molecule has 2 aromatic rings. The fourth-order valence-corrected chi connectivity index (χ4v) is 3.13. The molecule has 1 aliphatic rings. The molecule has 1 saturated heterocycles. The monoisotopic (exact) mass is 425 g/mol. The van der Waals surface area contributed by atoms with Gasteiger partial charge in [0.05, 0.1) is 11.7 Å². The number of nitrogens with one attached hydrogen (secondary N) is 1. The van der Waals surface area contributed by atoms with Crippen LogP contribution in [0.4, 0.5) is 10.5 Å². The Morgan fingerprint density at radius 3 is 2.13 bits per heavy atom. The topological polar surface area (TPSA) is 88.2 Å². The lowest BCUT2D eigenvalue weighted by molar-refractivity contribution is -0.135. The molecular weight excluding hydrogens is 398 g/mol. The molecule has 0 aliphatic carbocycles. The summed E-state index contributed by atoms with van der Waals surface area (Å²) < 4.78 is 10.7. The van der Waals surface area contributed by atoms with Gasteiger partial charge in [-0.15, -0.1) is 0 Å². The van der Waals surface area contributed by atoms with E-state index in [1.54, 1.807) is 34.1 Å². The molecule has 3 rings (SSSR count). The number of esters is 1. The van der Waals surface area contributed by atoms with E-state index in [-0.39, 0.29) is 24.6 Å². The predicted molar refractivity (Wildman–Crippen MR) is 116 cm³/mol. The van der Waals surface area contributed by atoms with E-state index >= 15 is 0 Å². The van der Waals surface area contributed by atoms with Gasteiger partial charge in [0, 0.05) is 31.9 Å². The van der Waals surface area contributed by atoms with E-state index in [1.807, 2.05) is 44.2 Å². The van der Waals surface area contributed by atoms with Crippen molar-refractivity contribution >= 4 is 23.6 Å². The first-order chi connectivity index (χ1) is 14.9. The van der Waals surface area contributed by atoms with Crippen LogP contribution in [0.25, 0.3) is 0 Å². The lowest BCUT2D eigenvalue weighted by Crippen LogP contribution is -2.52. The van der Waals surface area contributed by atoms with Crippen molar-refractivity contribution < 1.29 is 23.9 Å². The van der Waals surface area contributed by atoms with Crippen molar-refractivity contribution in [2.45, 2.75) is 20.0 Å². The lowest BCUT2D eigenvalue weighted by atomic mass is 10.2. The van der Waals surface area contributed by atoms with E-state index in [1.165, 1.54) is 0 Å². The molecule has 0 atom stereocenters. The molecule has 1 fully saturated rings. The summed E-state index contributed by atoms with van der Waals surface area (Å²) in [7, 11) is 0. The van der Waals surface area contributed by atoms with Crippen LogP contribution in [-0.2, 0) is 9.53 Å². The Morgan fingerprint density at radius 2 is 1.52 bits per heavy atom. The number of hydrogen-bond donors (Lipinski definition) is 1.